The Balaban J connectivity index is 2.17. The summed E-state index contributed by atoms with van der Waals surface area (Å²) >= 11 is 12.1. The second kappa shape index (κ2) is 6.36. The summed E-state index contributed by atoms with van der Waals surface area (Å²) in [5, 5.41) is 4.87. The fraction of sp³-hybridized carbons (Fsp3) is 0.0667. The third kappa shape index (κ3) is 3.00. The molecule has 0 aliphatic carbocycles. The van der Waals surface area contributed by atoms with Crippen LogP contribution in [0.1, 0.15) is 10.4 Å². The number of imidazole rings is 1. The van der Waals surface area contributed by atoms with Crippen LogP contribution in [0.5, 0.6) is 0 Å². The molecule has 2 N–H and O–H groups in total. The summed E-state index contributed by atoms with van der Waals surface area (Å²) in [5.74, 6) is -0.460. The van der Waals surface area contributed by atoms with Crippen molar-refractivity contribution in [3.63, 3.8) is 0 Å². The first-order valence-corrected chi connectivity index (χ1v) is 7.90. The molecule has 0 aliphatic rings. The van der Waals surface area contributed by atoms with Crippen molar-refractivity contribution in [1.29, 1.82) is 0 Å². The molecular formula is C15H12Cl2N3O2P. The van der Waals surface area contributed by atoms with E-state index in [0.29, 0.717) is 27.0 Å². The van der Waals surface area contributed by atoms with Gasteiger partial charge in [-0.1, -0.05) is 23.2 Å². The third-order valence-electron chi connectivity index (χ3n) is 3.35. The van der Waals surface area contributed by atoms with Crippen LogP contribution in [0.4, 0.5) is 11.4 Å². The Bertz CT molecular complexity index is 911. The first-order chi connectivity index (χ1) is 11.0. The number of methoxy groups -OCH3 is 1. The molecule has 3 rings (SSSR count). The van der Waals surface area contributed by atoms with Crippen LogP contribution in [0.15, 0.2) is 30.6 Å². The molecule has 8 heteroatoms. The zero-order valence-corrected chi connectivity index (χ0v) is 14.7. The molecule has 2 aromatic carbocycles. The highest BCUT2D eigenvalue weighted by Crippen LogP contribution is 2.31. The van der Waals surface area contributed by atoms with Gasteiger partial charge >= 0.3 is 5.97 Å². The van der Waals surface area contributed by atoms with Crippen molar-refractivity contribution in [3.05, 3.63) is 46.2 Å². The molecule has 0 spiro atoms. The minimum absolute atomic E-state index is 0.375. The zero-order chi connectivity index (χ0) is 16.6. The summed E-state index contributed by atoms with van der Waals surface area (Å²) in [5.41, 5.74) is 3.03. The number of anilines is 2. The molecule has 1 aromatic heterocycles. The fourth-order valence-electron chi connectivity index (χ4n) is 2.24. The van der Waals surface area contributed by atoms with Crippen LogP contribution in [0, 0.1) is 0 Å². The van der Waals surface area contributed by atoms with Crippen molar-refractivity contribution in [2.45, 2.75) is 0 Å². The van der Waals surface area contributed by atoms with Gasteiger partial charge in [-0.05, 0) is 24.3 Å². The number of aromatic nitrogens is 2. The molecule has 1 heterocycles. The van der Waals surface area contributed by atoms with E-state index in [1.807, 2.05) is 0 Å². The Labute approximate surface area is 144 Å². The van der Waals surface area contributed by atoms with E-state index in [9.17, 15) is 4.79 Å². The number of H-pyrrole nitrogens is 1. The molecule has 0 saturated heterocycles. The summed E-state index contributed by atoms with van der Waals surface area (Å²) in [7, 11) is 3.93. The van der Waals surface area contributed by atoms with Crippen molar-refractivity contribution in [1.82, 2.24) is 9.97 Å². The second-order valence-corrected chi connectivity index (χ2v) is 6.17. The lowest BCUT2D eigenvalue weighted by molar-refractivity contribution is 0.0602. The number of ether oxygens (including phenoxy) is 1. The molecule has 0 bridgehead atoms. The van der Waals surface area contributed by atoms with Gasteiger partial charge < -0.3 is 15.0 Å². The van der Waals surface area contributed by atoms with Crippen molar-refractivity contribution in [3.8, 4) is 0 Å². The average molecular weight is 368 g/mol. The van der Waals surface area contributed by atoms with E-state index in [1.165, 1.54) is 7.11 Å². The van der Waals surface area contributed by atoms with E-state index in [-0.39, 0.29) is 0 Å². The van der Waals surface area contributed by atoms with E-state index in [0.717, 1.165) is 16.3 Å². The third-order valence-corrected chi connectivity index (χ3v) is 4.46. The standard InChI is InChI=1S/C15H12Cl2N3O2P/c1-22-15(21)8-5-11-13(19-6-18-11)14(23)12(8)20-10-3-2-7(16)4-9(10)17/h2-6,20H,23H2,1H3,(H,18,19). The molecule has 1 unspecified atom stereocenters. The molecule has 0 fully saturated rings. The largest absolute Gasteiger partial charge is 0.465 e. The van der Waals surface area contributed by atoms with Gasteiger partial charge in [0.05, 0.1) is 46.4 Å². The summed E-state index contributed by atoms with van der Waals surface area (Å²) < 4.78 is 4.87. The lowest BCUT2D eigenvalue weighted by atomic mass is 10.1. The average Bonchev–Trinajstić information content (AvgIpc) is 3.00. The predicted octanol–water partition coefficient (Wildman–Crippen LogP) is 3.90. The Morgan fingerprint density at radius 2 is 2.13 bits per heavy atom. The van der Waals surface area contributed by atoms with Gasteiger partial charge in [0.25, 0.3) is 0 Å². The quantitative estimate of drug-likeness (QED) is 0.544. The highest BCUT2D eigenvalue weighted by molar-refractivity contribution is 7.29. The molecule has 0 radical (unpaired) electrons. The first-order valence-electron chi connectivity index (χ1n) is 6.57. The maximum atomic E-state index is 12.1. The number of carbonyl (C=O) groups is 1. The predicted molar refractivity (Wildman–Crippen MR) is 96.5 cm³/mol. The number of nitrogens with zero attached hydrogens (tertiary/aromatic N) is 1. The van der Waals surface area contributed by atoms with Gasteiger partial charge in [0.2, 0.25) is 0 Å². The normalized spacial score (nSPS) is 10.8. The Morgan fingerprint density at radius 3 is 2.83 bits per heavy atom. The SMILES string of the molecule is COC(=O)c1cc2[nH]cnc2c(P)c1Nc1ccc(Cl)cc1Cl. The van der Waals surface area contributed by atoms with E-state index in [4.69, 9.17) is 27.9 Å². The van der Waals surface area contributed by atoms with Crippen LogP contribution in [0.25, 0.3) is 11.0 Å². The summed E-state index contributed by atoms with van der Waals surface area (Å²) in [6.07, 6.45) is 1.57. The van der Waals surface area contributed by atoms with Crippen LogP contribution in [0.2, 0.25) is 10.0 Å². The molecule has 23 heavy (non-hydrogen) atoms. The van der Waals surface area contributed by atoms with Gasteiger partial charge in [-0.25, -0.2) is 9.78 Å². The summed E-state index contributed by atoms with van der Waals surface area (Å²) in [4.78, 5) is 19.4. The fourth-order valence-corrected chi connectivity index (χ4v) is 3.15. The molecule has 0 amide bonds. The number of halogens is 2. The minimum atomic E-state index is -0.460. The Kier molecular flexibility index (Phi) is 4.44. The second-order valence-electron chi connectivity index (χ2n) is 4.75. The number of hydrogen-bond acceptors (Lipinski definition) is 4. The maximum absolute atomic E-state index is 12.1. The molecular weight excluding hydrogens is 356 g/mol. The van der Waals surface area contributed by atoms with Crippen LogP contribution < -0.4 is 10.6 Å². The summed E-state index contributed by atoms with van der Waals surface area (Å²) in [6, 6.07) is 6.76. The number of benzene rings is 2. The number of esters is 1. The number of aromatic amines is 1. The molecule has 1 atom stereocenters. The van der Waals surface area contributed by atoms with Crippen molar-refractivity contribution in [2.75, 3.05) is 12.4 Å². The lowest BCUT2D eigenvalue weighted by Gasteiger charge is -2.15. The van der Waals surface area contributed by atoms with Gasteiger partial charge in [-0.2, -0.15) is 0 Å². The monoisotopic (exact) mass is 367 g/mol. The number of nitrogens with one attached hydrogen (secondary N) is 2. The zero-order valence-electron chi connectivity index (χ0n) is 12.0. The maximum Gasteiger partial charge on any atom is 0.340 e. The smallest absolute Gasteiger partial charge is 0.340 e. The molecule has 0 saturated carbocycles. The van der Waals surface area contributed by atoms with Gasteiger partial charge in [-0.3, -0.25) is 0 Å². The molecule has 5 nitrogen and oxygen atoms in total. The molecule has 0 aliphatic heterocycles. The van der Waals surface area contributed by atoms with E-state index >= 15 is 0 Å². The Hall–Kier alpha value is -1.81. The minimum Gasteiger partial charge on any atom is -0.465 e. The van der Waals surface area contributed by atoms with Gasteiger partial charge in [-0.15, -0.1) is 9.24 Å². The van der Waals surface area contributed by atoms with Crippen LogP contribution in [-0.4, -0.2) is 23.0 Å². The first kappa shape index (κ1) is 16.1. The molecule has 118 valence electrons. The van der Waals surface area contributed by atoms with E-state index in [1.54, 1.807) is 30.6 Å². The van der Waals surface area contributed by atoms with Crippen molar-refractivity contribution < 1.29 is 9.53 Å². The van der Waals surface area contributed by atoms with Crippen LogP contribution in [-0.2, 0) is 4.74 Å². The lowest BCUT2D eigenvalue weighted by Crippen LogP contribution is -2.13. The Morgan fingerprint density at radius 1 is 1.35 bits per heavy atom. The van der Waals surface area contributed by atoms with Gasteiger partial charge in [0, 0.05) is 10.3 Å². The van der Waals surface area contributed by atoms with Crippen LogP contribution in [0.3, 0.4) is 0 Å². The van der Waals surface area contributed by atoms with Crippen molar-refractivity contribution >= 4 is 66.1 Å². The van der Waals surface area contributed by atoms with Crippen molar-refractivity contribution in [2.24, 2.45) is 0 Å². The van der Waals surface area contributed by atoms with E-state index < -0.39 is 5.97 Å². The summed E-state index contributed by atoms with van der Waals surface area (Å²) in [6.45, 7) is 0. The van der Waals surface area contributed by atoms with E-state index in [2.05, 4.69) is 24.5 Å². The number of hydrogen-bond donors (Lipinski definition) is 2. The van der Waals surface area contributed by atoms with Crippen LogP contribution >= 0.6 is 32.4 Å². The van der Waals surface area contributed by atoms with Gasteiger partial charge in [0.15, 0.2) is 0 Å². The van der Waals surface area contributed by atoms with Gasteiger partial charge in [0.1, 0.15) is 0 Å². The highest BCUT2D eigenvalue weighted by Gasteiger charge is 2.19. The number of rotatable bonds is 3. The topological polar surface area (TPSA) is 67.0 Å². The number of carbonyl (C=O) groups excluding carboxylic acids is 1. The molecule has 3 aromatic rings. The highest BCUT2D eigenvalue weighted by atomic mass is 35.5. The number of fused-ring (bicyclic) bond motifs is 1.